The lowest BCUT2D eigenvalue weighted by molar-refractivity contribution is -0.218. The predicted octanol–water partition coefficient (Wildman–Crippen LogP) is 2.91. The van der Waals surface area contributed by atoms with E-state index in [0.29, 0.717) is 50.4 Å². The molecule has 3 aromatic rings. The Hall–Kier alpha value is -3.53. The third kappa shape index (κ3) is 6.14. The summed E-state index contributed by atoms with van der Waals surface area (Å²) < 4.78 is 60.3. The molecule has 1 amide bonds. The van der Waals surface area contributed by atoms with Crippen LogP contribution in [0.25, 0.3) is 11.3 Å². The lowest BCUT2D eigenvalue weighted by Gasteiger charge is -2.44. The first-order chi connectivity index (χ1) is 20.2. The van der Waals surface area contributed by atoms with Crippen LogP contribution in [0.4, 0.5) is 18.0 Å². The molecular formula is C27H32F3N5O7. The maximum atomic E-state index is 13.9. The molecule has 15 heteroatoms. The molecule has 0 bridgehead atoms. The average Bonchev–Trinajstić information content (AvgIpc) is 3.66. The van der Waals surface area contributed by atoms with Crippen LogP contribution in [0.15, 0.2) is 28.9 Å². The van der Waals surface area contributed by atoms with Crippen LogP contribution in [0.5, 0.6) is 0 Å². The van der Waals surface area contributed by atoms with Crippen molar-refractivity contribution in [2.75, 3.05) is 26.3 Å². The molecule has 3 N–H and O–H groups in total. The van der Waals surface area contributed by atoms with Gasteiger partial charge in [0.25, 0.3) is 0 Å². The second-order valence-electron chi connectivity index (χ2n) is 10.5. The number of aliphatic hydroxyl groups excluding tert-OH is 2. The smallest absolute Gasteiger partial charge is 0.407 e. The summed E-state index contributed by atoms with van der Waals surface area (Å²) in [6.45, 7) is 2.48. The van der Waals surface area contributed by atoms with Gasteiger partial charge in [-0.2, -0.15) is 0 Å². The number of amides is 1. The van der Waals surface area contributed by atoms with Crippen LogP contribution in [0.2, 0.25) is 0 Å². The molecule has 2 aromatic heterocycles. The van der Waals surface area contributed by atoms with Gasteiger partial charge in [0, 0.05) is 43.7 Å². The molecule has 12 nitrogen and oxygen atoms in total. The van der Waals surface area contributed by atoms with Gasteiger partial charge in [0.1, 0.15) is 35.8 Å². The van der Waals surface area contributed by atoms with Crippen molar-refractivity contribution in [2.24, 2.45) is 0 Å². The van der Waals surface area contributed by atoms with Crippen molar-refractivity contribution >= 4 is 6.09 Å². The fourth-order valence-corrected chi connectivity index (χ4v) is 5.54. The molecule has 2 saturated heterocycles. The van der Waals surface area contributed by atoms with Crippen LogP contribution >= 0.6 is 0 Å². The largest absolute Gasteiger partial charge is 0.465 e. The number of aromatic nitrogens is 4. The Balaban J connectivity index is 1.39. The SMILES string of the molecule is CCCO[C@@H]1[C@@H](n2cc(-c3cc(F)c(F)c(F)c3)nn2)[C@@H](O)[C@@H](CO)O[C@@H]1Cc1cc(C2CCN(C(=O)O)CC2)on1. The van der Waals surface area contributed by atoms with Crippen LogP contribution < -0.4 is 0 Å². The Bertz CT molecular complexity index is 1360. The highest BCUT2D eigenvalue weighted by molar-refractivity contribution is 5.65. The number of halogens is 3. The van der Waals surface area contributed by atoms with E-state index in [9.17, 15) is 33.3 Å². The van der Waals surface area contributed by atoms with Crippen molar-refractivity contribution < 1.29 is 47.3 Å². The number of benzene rings is 1. The van der Waals surface area contributed by atoms with E-state index in [-0.39, 0.29) is 23.6 Å². The minimum Gasteiger partial charge on any atom is -0.465 e. The zero-order valence-corrected chi connectivity index (χ0v) is 22.8. The molecule has 0 aliphatic carbocycles. The predicted molar refractivity (Wildman–Crippen MR) is 138 cm³/mol. The molecule has 42 heavy (non-hydrogen) atoms. The first kappa shape index (κ1) is 29.9. The second kappa shape index (κ2) is 12.8. The molecule has 0 unspecified atom stereocenters. The van der Waals surface area contributed by atoms with E-state index in [4.69, 9.17) is 14.0 Å². The van der Waals surface area contributed by atoms with Crippen LogP contribution in [0.1, 0.15) is 49.6 Å². The molecule has 0 spiro atoms. The molecule has 2 aliphatic rings. The van der Waals surface area contributed by atoms with Gasteiger partial charge in [0.2, 0.25) is 0 Å². The third-order valence-corrected chi connectivity index (χ3v) is 7.73. The Morgan fingerprint density at radius 1 is 1.14 bits per heavy atom. The zero-order chi connectivity index (χ0) is 30.0. The summed E-state index contributed by atoms with van der Waals surface area (Å²) in [5, 5.41) is 42.6. The molecule has 0 radical (unpaired) electrons. The minimum atomic E-state index is -1.60. The third-order valence-electron chi connectivity index (χ3n) is 7.73. The monoisotopic (exact) mass is 595 g/mol. The highest BCUT2D eigenvalue weighted by Gasteiger charge is 2.47. The van der Waals surface area contributed by atoms with Gasteiger partial charge >= 0.3 is 6.09 Å². The quantitative estimate of drug-likeness (QED) is 0.315. The number of carbonyl (C=O) groups is 1. The Labute approximate surface area is 238 Å². The Morgan fingerprint density at radius 2 is 1.86 bits per heavy atom. The van der Waals surface area contributed by atoms with E-state index in [1.165, 1.54) is 15.8 Å². The van der Waals surface area contributed by atoms with E-state index in [0.717, 1.165) is 12.1 Å². The number of aliphatic hydroxyl groups is 2. The van der Waals surface area contributed by atoms with Crippen molar-refractivity contribution in [1.29, 1.82) is 0 Å². The number of hydrogen-bond acceptors (Lipinski definition) is 9. The molecule has 5 rings (SSSR count). The highest BCUT2D eigenvalue weighted by Crippen LogP contribution is 2.35. The van der Waals surface area contributed by atoms with Crippen LogP contribution in [0, 0.1) is 17.5 Å². The first-order valence-electron chi connectivity index (χ1n) is 13.8. The summed E-state index contributed by atoms with van der Waals surface area (Å²) in [6, 6.07) is 2.47. The molecule has 2 fully saturated rings. The maximum absolute atomic E-state index is 13.9. The van der Waals surface area contributed by atoms with Gasteiger partial charge in [-0.05, 0) is 31.4 Å². The number of piperidine rings is 1. The van der Waals surface area contributed by atoms with Crippen molar-refractivity contribution in [3.63, 3.8) is 0 Å². The molecule has 4 heterocycles. The van der Waals surface area contributed by atoms with E-state index in [1.807, 2.05) is 6.92 Å². The Morgan fingerprint density at radius 3 is 2.50 bits per heavy atom. The summed E-state index contributed by atoms with van der Waals surface area (Å²) in [5.74, 6) is -3.72. The van der Waals surface area contributed by atoms with E-state index >= 15 is 0 Å². The van der Waals surface area contributed by atoms with E-state index in [2.05, 4.69) is 15.5 Å². The lowest BCUT2D eigenvalue weighted by atomic mass is 9.89. The number of hydrogen-bond donors (Lipinski definition) is 3. The average molecular weight is 596 g/mol. The summed E-state index contributed by atoms with van der Waals surface area (Å²) in [4.78, 5) is 12.6. The summed E-state index contributed by atoms with van der Waals surface area (Å²) in [6.07, 6.45) is -1.40. The number of carboxylic acid groups (broad SMARTS) is 1. The topological polar surface area (TPSA) is 156 Å². The van der Waals surface area contributed by atoms with Gasteiger partial charge < -0.3 is 34.2 Å². The van der Waals surface area contributed by atoms with Gasteiger partial charge in [-0.1, -0.05) is 17.3 Å². The van der Waals surface area contributed by atoms with Crippen molar-refractivity contribution in [1.82, 2.24) is 25.1 Å². The number of nitrogens with zero attached hydrogens (tertiary/aromatic N) is 5. The van der Waals surface area contributed by atoms with Crippen molar-refractivity contribution in [3.05, 3.63) is 53.3 Å². The fourth-order valence-electron chi connectivity index (χ4n) is 5.54. The van der Waals surface area contributed by atoms with Crippen LogP contribution in [0.3, 0.4) is 0 Å². The summed E-state index contributed by atoms with van der Waals surface area (Å²) in [7, 11) is 0. The zero-order valence-electron chi connectivity index (χ0n) is 22.8. The van der Waals surface area contributed by atoms with Gasteiger partial charge in [-0.25, -0.2) is 22.6 Å². The minimum absolute atomic E-state index is 0.00993. The molecule has 1 aromatic carbocycles. The molecule has 5 atom stereocenters. The fraction of sp³-hybridized carbons (Fsp3) is 0.556. The normalized spacial score (nSPS) is 25.2. The number of likely N-dealkylation sites (tertiary alicyclic amines) is 1. The number of ether oxygens (including phenoxy) is 2. The van der Waals surface area contributed by atoms with E-state index in [1.54, 1.807) is 6.07 Å². The summed E-state index contributed by atoms with van der Waals surface area (Å²) in [5.41, 5.74) is 0.529. The second-order valence-corrected chi connectivity index (χ2v) is 10.5. The van der Waals surface area contributed by atoms with Gasteiger partial charge in [-0.3, -0.25) is 0 Å². The molecule has 228 valence electrons. The first-order valence-corrected chi connectivity index (χ1v) is 13.8. The number of rotatable bonds is 9. The van der Waals surface area contributed by atoms with Gasteiger partial charge in [0.05, 0.1) is 24.6 Å². The molecular weight excluding hydrogens is 563 g/mol. The van der Waals surface area contributed by atoms with Crippen molar-refractivity contribution in [2.45, 2.75) is 69.0 Å². The van der Waals surface area contributed by atoms with E-state index < -0.39 is 60.6 Å². The highest BCUT2D eigenvalue weighted by atomic mass is 19.2. The van der Waals surface area contributed by atoms with Crippen molar-refractivity contribution in [3.8, 4) is 11.3 Å². The van der Waals surface area contributed by atoms with Gasteiger partial charge in [-0.15, -0.1) is 5.10 Å². The lowest BCUT2D eigenvalue weighted by Crippen LogP contribution is -2.57. The molecule has 2 aliphatic heterocycles. The van der Waals surface area contributed by atoms with Crippen LogP contribution in [-0.4, -0.2) is 97.2 Å². The molecule has 0 saturated carbocycles. The standard InChI is InChI=1S/C27H32F3N5O7/c1-2-7-40-26-21(11-16-10-20(42-32-16)14-3-5-34(6-4-14)27(38)39)41-22(13-36)25(37)24(26)35-12-19(31-33-35)15-8-17(28)23(30)18(29)9-15/h8-10,12,14,21-22,24-26,36-37H,2-7,11,13H2,1H3,(H,38,39)/t21-,22-,24+,25+,26+/m1/s1. The van der Waals surface area contributed by atoms with Crippen LogP contribution in [-0.2, 0) is 15.9 Å². The van der Waals surface area contributed by atoms with Gasteiger partial charge in [0.15, 0.2) is 17.5 Å². The Kier molecular flexibility index (Phi) is 9.11. The maximum Gasteiger partial charge on any atom is 0.407 e. The summed E-state index contributed by atoms with van der Waals surface area (Å²) >= 11 is 0.